The lowest BCUT2D eigenvalue weighted by Crippen LogP contribution is -2.42. The minimum atomic E-state index is -2.99. The maximum atomic E-state index is 11.4. The highest BCUT2D eigenvalue weighted by Gasteiger charge is 2.28. The molecule has 1 amide bonds. The van der Waals surface area contributed by atoms with Crippen LogP contribution < -0.4 is 16.0 Å². The van der Waals surface area contributed by atoms with Gasteiger partial charge in [0.05, 0.1) is 12.3 Å². The molecule has 0 bridgehead atoms. The van der Waals surface area contributed by atoms with Crippen LogP contribution in [0.3, 0.4) is 0 Å². The molecule has 21 heavy (non-hydrogen) atoms. The largest absolute Gasteiger partial charge is 0.357 e. The number of hydrogen-bond acceptors (Lipinski definition) is 4. The zero-order chi connectivity index (χ0) is 15.7. The molecule has 0 saturated heterocycles. The molecule has 7 nitrogen and oxygen atoms in total. The minimum absolute atomic E-state index is 0.0541. The normalized spacial score (nSPS) is 15.6. The third-order valence-corrected chi connectivity index (χ3v) is 4.81. The third-order valence-electron chi connectivity index (χ3n) is 3.12. The second-order valence-electron chi connectivity index (χ2n) is 4.99. The van der Waals surface area contributed by atoms with Crippen molar-refractivity contribution >= 4 is 21.7 Å². The first-order chi connectivity index (χ1) is 9.98. The van der Waals surface area contributed by atoms with Crippen LogP contribution in [0.15, 0.2) is 4.99 Å². The molecule has 0 aliphatic heterocycles. The molecule has 0 aromatic carbocycles. The van der Waals surface area contributed by atoms with Crippen LogP contribution in [0.5, 0.6) is 0 Å². The Morgan fingerprint density at radius 1 is 1.14 bits per heavy atom. The lowest BCUT2D eigenvalue weighted by atomic mass is 10.4. The summed E-state index contributed by atoms with van der Waals surface area (Å²) in [4.78, 5) is 15.7. The monoisotopic (exact) mass is 318 g/mol. The summed E-state index contributed by atoms with van der Waals surface area (Å²) in [6, 6.07) is 0. The van der Waals surface area contributed by atoms with E-state index >= 15 is 0 Å². The van der Waals surface area contributed by atoms with Gasteiger partial charge in [-0.2, -0.15) is 0 Å². The van der Waals surface area contributed by atoms with Gasteiger partial charge in [-0.25, -0.2) is 8.42 Å². The number of carbonyl (C=O) groups is 1. The van der Waals surface area contributed by atoms with Crippen LogP contribution in [0.25, 0.3) is 0 Å². The quantitative estimate of drug-likeness (QED) is 0.302. The molecule has 0 atom stereocenters. The van der Waals surface area contributed by atoms with Crippen LogP contribution in [0.1, 0.15) is 26.7 Å². The molecule has 1 saturated carbocycles. The van der Waals surface area contributed by atoms with Crippen molar-refractivity contribution in [1.82, 2.24) is 16.0 Å². The lowest BCUT2D eigenvalue weighted by molar-refractivity contribution is -0.122. The lowest BCUT2D eigenvalue weighted by Gasteiger charge is -2.11. The van der Waals surface area contributed by atoms with Crippen molar-refractivity contribution in [3.63, 3.8) is 0 Å². The van der Waals surface area contributed by atoms with Crippen molar-refractivity contribution in [2.75, 3.05) is 37.7 Å². The fourth-order valence-electron chi connectivity index (χ4n) is 1.64. The Morgan fingerprint density at radius 3 is 2.38 bits per heavy atom. The van der Waals surface area contributed by atoms with E-state index in [1.54, 1.807) is 6.92 Å². The van der Waals surface area contributed by atoms with E-state index < -0.39 is 9.84 Å². The average molecular weight is 318 g/mol. The summed E-state index contributed by atoms with van der Waals surface area (Å²) in [5, 5.41) is 8.96. The fourth-order valence-corrected chi connectivity index (χ4v) is 2.30. The smallest absolute Gasteiger partial charge is 0.223 e. The highest BCUT2D eigenvalue weighted by atomic mass is 32.2. The molecular formula is C13H26N4O3S. The third kappa shape index (κ3) is 7.89. The summed E-state index contributed by atoms with van der Waals surface area (Å²) in [6.45, 7) is 5.60. The van der Waals surface area contributed by atoms with Crippen molar-refractivity contribution in [3.8, 4) is 0 Å². The summed E-state index contributed by atoms with van der Waals surface area (Å²) < 4.78 is 22.8. The molecule has 1 rings (SSSR count). The van der Waals surface area contributed by atoms with Gasteiger partial charge in [-0.1, -0.05) is 6.92 Å². The zero-order valence-corrected chi connectivity index (χ0v) is 13.6. The van der Waals surface area contributed by atoms with Crippen molar-refractivity contribution < 1.29 is 13.2 Å². The van der Waals surface area contributed by atoms with Crippen molar-refractivity contribution in [3.05, 3.63) is 0 Å². The van der Waals surface area contributed by atoms with Gasteiger partial charge in [0.1, 0.15) is 0 Å². The molecule has 0 radical (unpaired) electrons. The number of sulfone groups is 1. The fraction of sp³-hybridized carbons (Fsp3) is 0.846. The van der Waals surface area contributed by atoms with Gasteiger partial charge in [0, 0.05) is 31.3 Å². The van der Waals surface area contributed by atoms with E-state index in [1.165, 1.54) is 0 Å². The Kier molecular flexibility index (Phi) is 7.49. The van der Waals surface area contributed by atoms with Gasteiger partial charge >= 0.3 is 0 Å². The number of rotatable bonds is 9. The predicted octanol–water partition coefficient (Wildman–Crippen LogP) is -0.498. The Labute approximate surface area is 126 Å². The van der Waals surface area contributed by atoms with Crippen LogP contribution in [-0.2, 0) is 14.6 Å². The van der Waals surface area contributed by atoms with Crippen LogP contribution >= 0.6 is 0 Å². The SMILES string of the molecule is CCNC(=NCCS(=O)(=O)CC)NCCNC(=O)C1CC1. The molecule has 0 aromatic rings. The van der Waals surface area contributed by atoms with Gasteiger partial charge in [-0.15, -0.1) is 0 Å². The van der Waals surface area contributed by atoms with Gasteiger partial charge in [-0.3, -0.25) is 9.79 Å². The summed E-state index contributed by atoms with van der Waals surface area (Å²) in [6.07, 6.45) is 1.99. The zero-order valence-electron chi connectivity index (χ0n) is 12.8. The van der Waals surface area contributed by atoms with E-state index in [4.69, 9.17) is 0 Å². The number of aliphatic imine (C=N–C) groups is 1. The highest BCUT2D eigenvalue weighted by Crippen LogP contribution is 2.28. The van der Waals surface area contributed by atoms with Crippen LogP contribution in [0, 0.1) is 5.92 Å². The Bertz CT molecular complexity index is 458. The molecule has 8 heteroatoms. The topological polar surface area (TPSA) is 99.7 Å². The Balaban J connectivity index is 2.25. The highest BCUT2D eigenvalue weighted by molar-refractivity contribution is 7.91. The molecule has 1 aliphatic rings. The van der Waals surface area contributed by atoms with Crippen molar-refractivity contribution in [2.24, 2.45) is 10.9 Å². The van der Waals surface area contributed by atoms with Gasteiger partial charge in [0.25, 0.3) is 0 Å². The van der Waals surface area contributed by atoms with Gasteiger partial charge in [0.2, 0.25) is 5.91 Å². The van der Waals surface area contributed by atoms with Crippen molar-refractivity contribution in [2.45, 2.75) is 26.7 Å². The summed E-state index contributed by atoms with van der Waals surface area (Å²) in [7, 11) is -2.99. The van der Waals surface area contributed by atoms with E-state index in [1.807, 2.05) is 6.92 Å². The number of guanidine groups is 1. The first kappa shape index (κ1) is 17.7. The predicted molar refractivity (Wildman–Crippen MR) is 84.0 cm³/mol. The van der Waals surface area contributed by atoms with Crippen LogP contribution in [0.2, 0.25) is 0 Å². The second kappa shape index (κ2) is 8.86. The van der Waals surface area contributed by atoms with E-state index in [0.717, 1.165) is 12.8 Å². The summed E-state index contributed by atoms with van der Waals surface area (Å²) >= 11 is 0. The number of amides is 1. The molecule has 3 N–H and O–H groups in total. The minimum Gasteiger partial charge on any atom is -0.357 e. The van der Waals surface area contributed by atoms with Crippen molar-refractivity contribution in [1.29, 1.82) is 0 Å². The summed E-state index contributed by atoms with van der Waals surface area (Å²) in [5.74, 6) is 1.10. The molecule has 1 fully saturated rings. The van der Waals surface area contributed by atoms with Gasteiger partial charge in [-0.05, 0) is 19.8 Å². The maximum absolute atomic E-state index is 11.4. The van der Waals surface area contributed by atoms with Crippen LogP contribution in [-0.4, -0.2) is 58.0 Å². The average Bonchev–Trinajstić information content (AvgIpc) is 3.27. The molecule has 0 unspecified atom stereocenters. The Morgan fingerprint density at radius 2 is 1.81 bits per heavy atom. The standard InChI is InChI=1S/C13H26N4O3S/c1-3-14-13(17-9-10-21(19,20)4-2)16-8-7-15-12(18)11-5-6-11/h11H,3-10H2,1-2H3,(H,15,18)(H2,14,16,17). The number of hydrogen-bond donors (Lipinski definition) is 3. The molecule has 0 aromatic heterocycles. The van der Waals surface area contributed by atoms with E-state index in [2.05, 4.69) is 20.9 Å². The molecule has 0 spiro atoms. The molecule has 1 aliphatic carbocycles. The number of nitrogens with one attached hydrogen (secondary N) is 3. The Hall–Kier alpha value is -1.31. The molecule has 122 valence electrons. The molecule has 0 heterocycles. The number of nitrogens with zero attached hydrogens (tertiary/aromatic N) is 1. The van der Waals surface area contributed by atoms with E-state index in [-0.39, 0.29) is 29.9 Å². The maximum Gasteiger partial charge on any atom is 0.223 e. The van der Waals surface area contributed by atoms with Crippen LogP contribution in [0.4, 0.5) is 0 Å². The summed E-state index contributed by atoms with van der Waals surface area (Å²) in [5.41, 5.74) is 0. The van der Waals surface area contributed by atoms with Gasteiger partial charge in [0.15, 0.2) is 15.8 Å². The first-order valence-corrected chi connectivity index (χ1v) is 9.31. The first-order valence-electron chi connectivity index (χ1n) is 7.48. The van der Waals surface area contributed by atoms with E-state index in [0.29, 0.717) is 25.6 Å². The van der Waals surface area contributed by atoms with E-state index in [9.17, 15) is 13.2 Å². The van der Waals surface area contributed by atoms with Gasteiger partial charge < -0.3 is 16.0 Å². The second-order valence-corrected chi connectivity index (χ2v) is 7.46. The number of carbonyl (C=O) groups excluding carboxylic acids is 1. The molecular weight excluding hydrogens is 292 g/mol.